The van der Waals surface area contributed by atoms with Crippen LogP contribution in [0.1, 0.15) is 43.7 Å². The molecule has 1 aromatic carbocycles. The first kappa shape index (κ1) is 24.0. The molecule has 3 aromatic rings. The van der Waals surface area contributed by atoms with E-state index in [1.807, 2.05) is 24.4 Å². The molecule has 0 spiro atoms. The van der Waals surface area contributed by atoms with Crippen molar-refractivity contribution < 1.29 is 19.0 Å². The number of fused-ring (bicyclic) bond motifs is 1. The minimum Gasteiger partial charge on any atom is -0.389 e. The average Bonchev–Trinajstić information content (AvgIpc) is 3.38. The molecule has 0 saturated carbocycles. The first-order valence-corrected chi connectivity index (χ1v) is 12.3. The quantitative estimate of drug-likeness (QED) is 0.472. The second kappa shape index (κ2) is 10.5. The normalized spacial score (nSPS) is 22.7. The van der Waals surface area contributed by atoms with E-state index in [9.17, 15) is 9.50 Å². The Morgan fingerprint density at radius 3 is 2.71 bits per heavy atom. The molecule has 35 heavy (non-hydrogen) atoms. The van der Waals surface area contributed by atoms with Crippen LogP contribution < -0.4 is 10.6 Å². The zero-order valence-corrected chi connectivity index (χ0v) is 20.1. The molecule has 9 heteroatoms. The van der Waals surface area contributed by atoms with Gasteiger partial charge in [-0.15, -0.1) is 0 Å². The summed E-state index contributed by atoms with van der Waals surface area (Å²) in [4.78, 5) is 13.2. The number of rotatable bonds is 7. The van der Waals surface area contributed by atoms with Crippen molar-refractivity contribution in [3.8, 4) is 11.3 Å². The summed E-state index contributed by atoms with van der Waals surface area (Å²) in [7, 11) is 0. The predicted octanol–water partition coefficient (Wildman–Crippen LogP) is 3.39. The number of hydrogen-bond donors (Lipinski definition) is 3. The van der Waals surface area contributed by atoms with E-state index in [2.05, 4.69) is 39.4 Å². The standard InChI is InChI=1S/C26H32FN5O3/c1-15(2)24-17(10-28-18-5-7-34-13-18)11-29-21-4-3-16(9-19(21)24)25-20(27)12-30-26(32-25)31-22-6-8-35-14-23(22)33/h3-4,9,11-12,15,18,22-23,28,33H,5-8,10,13-14H2,1-2H3,(H,30,31,32)/t18-,22+,23+/m0/s1. The Hall–Kier alpha value is -2.72. The lowest BCUT2D eigenvalue weighted by Gasteiger charge is -2.28. The van der Waals surface area contributed by atoms with Crippen LogP contribution in [0.3, 0.4) is 0 Å². The summed E-state index contributed by atoms with van der Waals surface area (Å²) in [5, 5.41) is 17.9. The molecule has 4 heterocycles. The van der Waals surface area contributed by atoms with Crippen LogP contribution in [0.25, 0.3) is 22.2 Å². The van der Waals surface area contributed by atoms with Crippen molar-refractivity contribution in [1.29, 1.82) is 0 Å². The first-order chi connectivity index (χ1) is 17.0. The Bertz CT molecular complexity index is 1190. The van der Waals surface area contributed by atoms with E-state index in [1.165, 1.54) is 11.8 Å². The van der Waals surface area contributed by atoms with Crippen LogP contribution in [0.5, 0.6) is 0 Å². The van der Waals surface area contributed by atoms with Crippen LogP contribution in [0.2, 0.25) is 0 Å². The third-order valence-corrected chi connectivity index (χ3v) is 6.74. The van der Waals surface area contributed by atoms with E-state index in [1.54, 1.807) is 0 Å². The van der Waals surface area contributed by atoms with Gasteiger partial charge in [0.25, 0.3) is 0 Å². The summed E-state index contributed by atoms with van der Waals surface area (Å²) in [6, 6.07) is 5.84. The maximum absolute atomic E-state index is 14.9. The average molecular weight is 482 g/mol. The molecule has 3 atom stereocenters. The number of halogens is 1. The fourth-order valence-corrected chi connectivity index (χ4v) is 4.87. The molecule has 3 N–H and O–H groups in total. The lowest BCUT2D eigenvalue weighted by molar-refractivity contribution is -0.0136. The van der Waals surface area contributed by atoms with Gasteiger partial charge < -0.3 is 25.2 Å². The van der Waals surface area contributed by atoms with Gasteiger partial charge in [-0.05, 0) is 42.0 Å². The van der Waals surface area contributed by atoms with Gasteiger partial charge in [-0.1, -0.05) is 19.9 Å². The molecule has 2 fully saturated rings. The minimum absolute atomic E-state index is 0.215. The number of nitrogens with one attached hydrogen (secondary N) is 2. The smallest absolute Gasteiger partial charge is 0.223 e. The molecule has 2 saturated heterocycles. The van der Waals surface area contributed by atoms with Crippen molar-refractivity contribution in [1.82, 2.24) is 20.3 Å². The summed E-state index contributed by atoms with van der Waals surface area (Å²) in [5.74, 6) is 0.0433. The third kappa shape index (κ3) is 5.28. The van der Waals surface area contributed by atoms with Crippen molar-refractivity contribution in [2.24, 2.45) is 0 Å². The number of ether oxygens (including phenoxy) is 2. The second-order valence-corrected chi connectivity index (χ2v) is 9.60. The molecular formula is C26H32FN5O3. The molecule has 0 bridgehead atoms. The lowest BCUT2D eigenvalue weighted by Crippen LogP contribution is -2.42. The zero-order chi connectivity index (χ0) is 24.4. The van der Waals surface area contributed by atoms with Crippen LogP contribution in [0.15, 0.2) is 30.6 Å². The Kier molecular flexibility index (Phi) is 7.19. The summed E-state index contributed by atoms with van der Waals surface area (Å²) in [5.41, 5.74) is 4.07. The molecule has 2 aromatic heterocycles. The second-order valence-electron chi connectivity index (χ2n) is 9.60. The molecule has 0 aliphatic carbocycles. The van der Waals surface area contributed by atoms with Crippen LogP contribution in [0, 0.1) is 5.82 Å². The first-order valence-electron chi connectivity index (χ1n) is 12.3. The molecular weight excluding hydrogens is 449 g/mol. The van der Waals surface area contributed by atoms with Gasteiger partial charge in [0.15, 0.2) is 5.82 Å². The number of pyridine rings is 1. The monoisotopic (exact) mass is 481 g/mol. The molecule has 5 rings (SSSR count). The predicted molar refractivity (Wildman–Crippen MR) is 132 cm³/mol. The number of anilines is 1. The minimum atomic E-state index is -0.663. The molecule has 0 radical (unpaired) electrons. The van der Waals surface area contributed by atoms with Crippen molar-refractivity contribution in [3.05, 3.63) is 47.5 Å². The lowest BCUT2D eigenvalue weighted by atomic mass is 9.92. The summed E-state index contributed by atoms with van der Waals surface area (Å²) in [6.07, 6.45) is 4.08. The van der Waals surface area contributed by atoms with Crippen molar-refractivity contribution in [2.45, 2.75) is 57.3 Å². The largest absolute Gasteiger partial charge is 0.389 e. The Labute approximate surface area is 204 Å². The number of aromatic nitrogens is 3. The summed E-state index contributed by atoms with van der Waals surface area (Å²) in [6.45, 7) is 7.36. The number of nitrogens with zero attached hydrogens (tertiary/aromatic N) is 3. The highest BCUT2D eigenvalue weighted by molar-refractivity contribution is 5.88. The van der Waals surface area contributed by atoms with Crippen LogP contribution in [-0.4, -0.2) is 64.7 Å². The number of aliphatic hydroxyl groups excluding tert-OH is 1. The van der Waals surface area contributed by atoms with Gasteiger partial charge in [-0.3, -0.25) is 4.98 Å². The summed E-state index contributed by atoms with van der Waals surface area (Å²) >= 11 is 0. The SMILES string of the molecule is CC(C)c1c(CN[C@H]2CCOC2)cnc2ccc(-c3nc(N[C@@H]4CCOC[C@H]4O)ncc3F)cc12. The van der Waals surface area contributed by atoms with Gasteiger partial charge in [0.05, 0.1) is 37.1 Å². The molecule has 2 aliphatic heterocycles. The summed E-state index contributed by atoms with van der Waals surface area (Å²) < 4.78 is 25.6. The van der Waals surface area contributed by atoms with E-state index in [0.717, 1.165) is 36.1 Å². The van der Waals surface area contributed by atoms with Gasteiger partial charge in [0.1, 0.15) is 5.69 Å². The topological polar surface area (TPSA) is 101 Å². The fourth-order valence-electron chi connectivity index (χ4n) is 4.87. The van der Waals surface area contributed by atoms with E-state index in [0.29, 0.717) is 31.2 Å². The molecule has 0 unspecified atom stereocenters. The molecule has 186 valence electrons. The van der Waals surface area contributed by atoms with Crippen molar-refractivity contribution in [3.63, 3.8) is 0 Å². The van der Waals surface area contributed by atoms with Crippen LogP contribution in [0.4, 0.5) is 10.3 Å². The number of aliphatic hydroxyl groups is 1. The van der Waals surface area contributed by atoms with Crippen LogP contribution >= 0.6 is 0 Å². The molecule has 2 aliphatic rings. The van der Waals surface area contributed by atoms with Crippen molar-refractivity contribution in [2.75, 3.05) is 31.7 Å². The van der Waals surface area contributed by atoms with Gasteiger partial charge in [-0.25, -0.2) is 14.4 Å². The third-order valence-electron chi connectivity index (χ3n) is 6.74. The van der Waals surface area contributed by atoms with E-state index < -0.39 is 11.9 Å². The Balaban J connectivity index is 1.47. The van der Waals surface area contributed by atoms with Gasteiger partial charge in [-0.2, -0.15) is 0 Å². The Morgan fingerprint density at radius 1 is 1.11 bits per heavy atom. The van der Waals surface area contributed by atoms with Gasteiger partial charge >= 0.3 is 0 Å². The van der Waals surface area contributed by atoms with Crippen LogP contribution in [-0.2, 0) is 16.0 Å². The maximum Gasteiger partial charge on any atom is 0.223 e. The number of hydrogen-bond acceptors (Lipinski definition) is 8. The fraction of sp³-hybridized carbons (Fsp3) is 0.500. The van der Waals surface area contributed by atoms with E-state index in [-0.39, 0.29) is 30.2 Å². The highest BCUT2D eigenvalue weighted by Gasteiger charge is 2.25. The maximum atomic E-state index is 14.9. The van der Waals surface area contributed by atoms with Crippen molar-refractivity contribution >= 4 is 16.9 Å². The zero-order valence-electron chi connectivity index (χ0n) is 20.1. The van der Waals surface area contributed by atoms with Gasteiger partial charge in [0.2, 0.25) is 5.95 Å². The van der Waals surface area contributed by atoms with E-state index >= 15 is 0 Å². The highest BCUT2D eigenvalue weighted by Crippen LogP contribution is 2.32. The van der Waals surface area contributed by atoms with Gasteiger partial charge in [0, 0.05) is 42.9 Å². The van der Waals surface area contributed by atoms with E-state index in [4.69, 9.17) is 9.47 Å². The molecule has 8 nitrogen and oxygen atoms in total. The highest BCUT2D eigenvalue weighted by atomic mass is 19.1. The number of benzene rings is 1. The molecule has 0 amide bonds. The Morgan fingerprint density at radius 2 is 1.94 bits per heavy atom.